The maximum atomic E-state index is 5.47. The standard InChI is InChI=1S/C8H9N4S.HI/c9-8-11-10-7(13-8)6-12-4-2-1-3-5-12;/h1-5H,6H2,(H2,9,11);1H/q+1;/p-1. The summed E-state index contributed by atoms with van der Waals surface area (Å²) in [6, 6.07) is 5.93. The third-order valence-electron chi connectivity index (χ3n) is 1.58. The van der Waals surface area contributed by atoms with E-state index in [1.807, 2.05) is 35.2 Å². The van der Waals surface area contributed by atoms with Crippen molar-refractivity contribution in [1.29, 1.82) is 0 Å². The van der Waals surface area contributed by atoms with Gasteiger partial charge in [0.05, 0.1) is 0 Å². The summed E-state index contributed by atoms with van der Waals surface area (Å²) in [5.74, 6) is 0. The van der Waals surface area contributed by atoms with Gasteiger partial charge in [0.15, 0.2) is 17.4 Å². The fourth-order valence-corrected chi connectivity index (χ4v) is 1.64. The molecular weight excluding hydrogens is 311 g/mol. The number of hydrogen-bond acceptors (Lipinski definition) is 4. The van der Waals surface area contributed by atoms with E-state index in [1.165, 1.54) is 11.3 Å². The Morgan fingerprint density at radius 2 is 1.93 bits per heavy atom. The van der Waals surface area contributed by atoms with Crippen LogP contribution in [-0.2, 0) is 6.54 Å². The van der Waals surface area contributed by atoms with Crippen molar-refractivity contribution in [3.63, 3.8) is 0 Å². The van der Waals surface area contributed by atoms with Gasteiger partial charge in [-0.25, -0.2) is 0 Å². The second kappa shape index (κ2) is 5.20. The van der Waals surface area contributed by atoms with Gasteiger partial charge in [0.2, 0.25) is 11.7 Å². The first-order chi connectivity index (χ1) is 6.34. The maximum absolute atomic E-state index is 5.47. The summed E-state index contributed by atoms with van der Waals surface area (Å²) in [5.41, 5.74) is 5.47. The van der Waals surface area contributed by atoms with E-state index in [0.717, 1.165) is 11.6 Å². The lowest BCUT2D eigenvalue weighted by Crippen LogP contribution is -3.00. The molecule has 0 fully saturated rings. The van der Waals surface area contributed by atoms with Crippen LogP contribution in [0.4, 0.5) is 5.13 Å². The van der Waals surface area contributed by atoms with Crippen LogP contribution in [-0.4, -0.2) is 10.2 Å². The second-order valence-electron chi connectivity index (χ2n) is 2.58. The Bertz CT molecular complexity index is 389. The Hall–Kier alpha value is -0.760. The van der Waals surface area contributed by atoms with Gasteiger partial charge in [-0.2, -0.15) is 4.57 Å². The van der Waals surface area contributed by atoms with Crippen molar-refractivity contribution in [3.8, 4) is 0 Å². The van der Waals surface area contributed by atoms with E-state index in [0.29, 0.717) is 5.13 Å². The summed E-state index contributed by atoms with van der Waals surface area (Å²) < 4.78 is 2.03. The lowest BCUT2D eigenvalue weighted by molar-refractivity contribution is -0.688. The number of pyridine rings is 1. The topological polar surface area (TPSA) is 55.7 Å². The third kappa shape index (κ3) is 2.88. The molecule has 2 N–H and O–H groups in total. The summed E-state index contributed by atoms with van der Waals surface area (Å²) in [4.78, 5) is 0. The van der Waals surface area contributed by atoms with Crippen molar-refractivity contribution in [1.82, 2.24) is 10.2 Å². The number of nitrogen functional groups attached to an aromatic ring is 1. The molecule has 14 heavy (non-hydrogen) atoms. The van der Waals surface area contributed by atoms with E-state index in [1.54, 1.807) is 0 Å². The first-order valence-corrected chi connectivity index (χ1v) is 4.68. The average molecular weight is 320 g/mol. The molecule has 6 heteroatoms. The number of nitrogens with two attached hydrogens (primary N) is 1. The molecule has 0 saturated heterocycles. The second-order valence-corrected chi connectivity index (χ2v) is 3.68. The first-order valence-electron chi connectivity index (χ1n) is 3.86. The minimum atomic E-state index is 0. The SMILES string of the molecule is Nc1nnc(C[n+]2ccccc2)s1.[I-]. The molecule has 0 aliphatic carbocycles. The lowest BCUT2D eigenvalue weighted by atomic mass is 10.5. The quantitative estimate of drug-likeness (QED) is 0.490. The van der Waals surface area contributed by atoms with Gasteiger partial charge >= 0.3 is 0 Å². The fraction of sp³-hybridized carbons (Fsp3) is 0.125. The van der Waals surface area contributed by atoms with E-state index in [9.17, 15) is 0 Å². The predicted molar refractivity (Wildman–Crippen MR) is 50.1 cm³/mol. The van der Waals surface area contributed by atoms with Crippen molar-refractivity contribution >= 4 is 16.5 Å². The number of rotatable bonds is 2. The minimum Gasteiger partial charge on any atom is -1.00 e. The summed E-state index contributed by atoms with van der Waals surface area (Å²) in [7, 11) is 0. The van der Waals surface area contributed by atoms with E-state index >= 15 is 0 Å². The molecule has 0 aliphatic rings. The maximum Gasteiger partial charge on any atom is 0.203 e. The van der Waals surface area contributed by atoms with Gasteiger partial charge in [-0.3, -0.25) is 0 Å². The highest BCUT2D eigenvalue weighted by atomic mass is 127. The van der Waals surface area contributed by atoms with Crippen LogP contribution in [0.15, 0.2) is 30.6 Å². The summed E-state index contributed by atoms with van der Waals surface area (Å²) in [5, 5.41) is 9.12. The number of hydrogen-bond donors (Lipinski definition) is 1. The van der Waals surface area contributed by atoms with Crippen LogP contribution in [0.3, 0.4) is 0 Å². The highest BCUT2D eigenvalue weighted by molar-refractivity contribution is 7.15. The average Bonchev–Trinajstić information content (AvgIpc) is 2.53. The smallest absolute Gasteiger partial charge is 0.203 e. The van der Waals surface area contributed by atoms with Crippen LogP contribution in [0.2, 0.25) is 0 Å². The van der Waals surface area contributed by atoms with E-state index < -0.39 is 0 Å². The van der Waals surface area contributed by atoms with Crippen LogP contribution in [0.25, 0.3) is 0 Å². The van der Waals surface area contributed by atoms with Crippen molar-refractivity contribution < 1.29 is 28.5 Å². The number of anilines is 1. The van der Waals surface area contributed by atoms with Crippen molar-refractivity contribution in [3.05, 3.63) is 35.6 Å². The Morgan fingerprint density at radius 1 is 1.21 bits per heavy atom. The number of nitrogens with zero attached hydrogens (tertiary/aromatic N) is 3. The van der Waals surface area contributed by atoms with Crippen LogP contribution in [0.5, 0.6) is 0 Å². The van der Waals surface area contributed by atoms with Crippen molar-refractivity contribution in [2.24, 2.45) is 0 Å². The molecule has 2 aromatic heterocycles. The molecule has 0 radical (unpaired) electrons. The zero-order valence-corrected chi connectivity index (χ0v) is 10.3. The molecule has 0 spiro atoms. The molecule has 4 nitrogen and oxygen atoms in total. The van der Waals surface area contributed by atoms with E-state index in [4.69, 9.17) is 5.73 Å². The Morgan fingerprint density at radius 3 is 2.50 bits per heavy atom. The highest BCUT2D eigenvalue weighted by Gasteiger charge is 2.05. The van der Waals surface area contributed by atoms with Gasteiger partial charge < -0.3 is 29.7 Å². The zero-order valence-electron chi connectivity index (χ0n) is 7.30. The Kier molecular flexibility index (Phi) is 4.21. The summed E-state index contributed by atoms with van der Waals surface area (Å²) in [6.45, 7) is 0.732. The summed E-state index contributed by atoms with van der Waals surface area (Å²) in [6.07, 6.45) is 3.97. The van der Waals surface area contributed by atoms with Crippen LogP contribution >= 0.6 is 11.3 Å². The molecule has 2 aromatic rings. The molecule has 0 atom stereocenters. The van der Waals surface area contributed by atoms with Gasteiger partial charge in [0, 0.05) is 12.1 Å². The largest absolute Gasteiger partial charge is 1.00 e. The Balaban J connectivity index is 0.000000980. The van der Waals surface area contributed by atoms with Gasteiger partial charge in [-0.1, -0.05) is 17.4 Å². The van der Waals surface area contributed by atoms with Gasteiger partial charge in [0.25, 0.3) is 0 Å². The number of halogens is 1. The molecular formula is C8H9IN4S. The van der Waals surface area contributed by atoms with Crippen molar-refractivity contribution in [2.75, 3.05) is 5.73 Å². The predicted octanol–water partition coefficient (Wildman–Crippen LogP) is -2.54. The third-order valence-corrected chi connectivity index (χ3v) is 2.31. The molecule has 0 amide bonds. The van der Waals surface area contributed by atoms with E-state index in [2.05, 4.69) is 10.2 Å². The Labute approximate surface area is 103 Å². The fourth-order valence-electron chi connectivity index (χ4n) is 1.03. The van der Waals surface area contributed by atoms with Gasteiger partial charge in [0.1, 0.15) is 0 Å². The molecule has 0 aliphatic heterocycles. The highest BCUT2D eigenvalue weighted by Crippen LogP contribution is 2.09. The lowest BCUT2D eigenvalue weighted by Gasteiger charge is -1.89. The van der Waals surface area contributed by atoms with Crippen LogP contribution < -0.4 is 34.3 Å². The van der Waals surface area contributed by atoms with E-state index in [-0.39, 0.29) is 24.0 Å². The van der Waals surface area contributed by atoms with Gasteiger partial charge in [-0.15, -0.1) is 10.2 Å². The molecule has 0 saturated carbocycles. The van der Waals surface area contributed by atoms with Crippen molar-refractivity contribution in [2.45, 2.75) is 6.54 Å². The summed E-state index contributed by atoms with van der Waals surface area (Å²) >= 11 is 1.42. The normalized spacial score (nSPS) is 9.43. The van der Waals surface area contributed by atoms with Gasteiger partial charge in [-0.05, 0) is 0 Å². The van der Waals surface area contributed by atoms with Crippen LogP contribution in [0, 0.1) is 0 Å². The minimum absolute atomic E-state index is 0. The molecule has 2 rings (SSSR count). The molecule has 74 valence electrons. The zero-order chi connectivity index (χ0) is 9.10. The molecule has 0 unspecified atom stereocenters. The number of aromatic nitrogens is 3. The monoisotopic (exact) mass is 320 g/mol. The molecule has 0 aromatic carbocycles. The molecule has 0 bridgehead atoms. The first kappa shape index (κ1) is 11.3. The van der Waals surface area contributed by atoms with Crippen LogP contribution in [0.1, 0.15) is 5.01 Å². The molecule has 2 heterocycles.